The summed E-state index contributed by atoms with van der Waals surface area (Å²) in [6, 6.07) is 8.80. The van der Waals surface area contributed by atoms with Gasteiger partial charge in [-0.2, -0.15) is 0 Å². The summed E-state index contributed by atoms with van der Waals surface area (Å²) in [5, 5.41) is 19.3. The lowest BCUT2D eigenvalue weighted by molar-refractivity contribution is -0.136. The van der Waals surface area contributed by atoms with E-state index in [1.165, 1.54) is 21.6 Å². The summed E-state index contributed by atoms with van der Waals surface area (Å²) >= 11 is 0. The van der Waals surface area contributed by atoms with Crippen LogP contribution < -0.4 is 64.9 Å². The standard InChI is InChI=1S/C48H72N12O9S2/c1-4-69-32-17-15-31(16-18-32)25-34-43(65)57-35(24-30-12-7-5-8-13-30)45(67)60-40(29(2)3)46(68)58-36(26-38(50)61)44(66)59-37(28-70-71-48(27-39(62)56-34)19-9-6-10-20-48)42(64)54-23-22-53-41(63)33(49)14-11-21-55-47(51)52/h5,7-8,12-13,15-18,29,33-37,40H,4,6,9-11,14,19-28,49H2,1-3H3,(H2,50,61)(H,53,63)(H,54,64)(H,56,62)(H,57,65)(H,58,68)(H,59,66)(H,60,67)(H4,51,52,55)/t33-,34+,35+,36+,37+,40-/m0/s1. The van der Waals surface area contributed by atoms with Gasteiger partial charge in [-0.25, -0.2) is 0 Å². The van der Waals surface area contributed by atoms with Gasteiger partial charge in [-0.05, 0) is 61.8 Å². The highest BCUT2D eigenvalue weighted by Gasteiger charge is 2.39. The molecule has 8 amide bonds. The second kappa shape index (κ2) is 29.3. The van der Waals surface area contributed by atoms with Crippen LogP contribution >= 0.6 is 21.6 Å². The van der Waals surface area contributed by atoms with E-state index >= 15 is 0 Å². The first-order valence-electron chi connectivity index (χ1n) is 24.1. The smallest absolute Gasteiger partial charge is 0.243 e. The average Bonchev–Trinajstić information content (AvgIpc) is 3.32. The molecule has 0 aromatic heterocycles. The zero-order chi connectivity index (χ0) is 51.9. The van der Waals surface area contributed by atoms with Crippen molar-refractivity contribution in [1.29, 1.82) is 0 Å². The van der Waals surface area contributed by atoms with Crippen LogP contribution in [0.5, 0.6) is 5.75 Å². The van der Waals surface area contributed by atoms with Gasteiger partial charge in [0.1, 0.15) is 36.0 Å². The molecular formula is C48H72N12O9S2. The van der Waals surface area contributed by atoms with Crippen molar-refractivity contribution in [3.05, 3.63) is 65.7 Å². The van der Waals surface area contributed by atoms with Crippen molar-refractivity contribution in [2.24, 2.45) is 33.8 Å². The number of rotatable bonds is 18. The van der Waals surface area contributed by atoms with Gasteiger partial charge in [0.05, 0.1) is 19.1 Å². The van der Waals surface area contributed by atoms with E-state index in [4.69, 9.17) is 27.7 Å². The molecule has 2 fully saturated rings. The number of guanidine groups is 1. The highest BCUT2D eigenvalue weighted by Crippen LogP contribution is 2.48. The summed E-state index contributed by atoms with van der Waals surface area (Å²) in [6.07, 6.45) is 4.14. The van der Waals surface area contributed by atoms with Gasteiger partial charge in [-0.3, -0.25) is 43.3 Å². The number of primary amides is 1. The monoisotopic (exact) mass is 1020 g/mol. The Labute approximate surface area is 423 Å². The Balaban J connectivity index is 1.67. The van der Waals surface area contributed by atoms with E-state index in [1.54, 1.807) is 62.4 Å². The summed E-state index contributed by atoms with van der Waals surface area (Å²) in [6.45, 7) is 5.91. The van der Waals surface area contributed by atoms with Crippen molar-refractivity contribution in [3.8, 4) is 5.75 Å². The topological polar surface area (TPSA) is 346 Å². The van der Waals surface area contributed by atoms with Crippen LogP contribution in [0.2, 0.25) is 0 Å². The Morgan fingerprint density at radius 1 is 0.775 bits per heavy atom. The molecule has 4 rings (SSSR count). The summed E-state index contributed by atoms with van der Waals surface area (Å²) in [4.78, 5) is 114. The maximum atomic E-state index is 14.5. The average molecular weight is 1030 g/mol. The number of amides is 8. The Bertz CT molecular complexity index is 2140. The molecule has 1 aliphatic heterocycles. The highest BCUT2D eigenvalue weighted by atomic mass is 33.1. The number of carbonyl (C=O) groups is 8. The third-order valence-electron chi connectivity index (χ3n) is 11.9. The summed E-state index contributed by atoms with van der Waals surface area (Å²) < 4.78 is 4.99. The van der Waals surface area contributed by atoms with Crippen LogP contribution in [0.4, 0.5) is 0 Å². The van der Waals surface area contributed by atoms with Crippen LogP contribution in [0.1, 0.15) is 89.7 Å². The van der Waals surface area contributed by atoms with Crippen molar-refractivity contribution in [1.82, 2.24) is 37.2 Å². The van der Waals surface area contributed by atoms with Crippen molar-refractivity contribution in [3.63, 3.8) is 0 Å². The maximum Gasteiger partial charge on any atom is 0.243 e. The highest BCUT2D eigenvalue weighted by molar-refractivity contribution is 8.77. The first kappa shape index (κ1) is 57.5. The van der Waals surface area contributed by atoms with Gasteiger partial charge < -0.3 is 64.9 Å². The molecule has 2 aromatic rings. The fourth-order valence-electron chi connectivity index (χ4n) is 8.11. The number of ether oxygens (including phenoxy) is 1. The number of nitrogens with two attached hydrogens (primary N) is 4. The zero-order valence-electron chi connectivity index (χ0n) is 40.8. The predicted octanol–water partition coefficient (Wildman–Crippen LogP) is -0.0728. The second-order valence-electron chi connectivity index (χ2n) is 18.1. The van der Waals surface area contributed by atoms with Gasteiger partial charge >= 0.3 is 0 Å². The predicted molar refractivity (Wildman–Crippen MR) is 274 cm³/mol. The van der Waals surface area contributed by atoms with E-state index in [1.807, 2.05) is 13.0 Å². The van der Waals surface area contributed by atoms with Gasteiger partial charge in [0.2, 0.25) is 47.3 Å². The molecule has 71 heavy (non-hydrogen) atoms. The minimum atomic E-state index is -1.57. The number of nitrogens with one attached hydrogen (secondary N) is 7. The third kappa shape index (κ3) is 19.9. The normalized spacial score (nSPS) is 22.0. The lowest BCUT2D eigenvalue weighted by atomic mass is 9.85. The van der Waals surface area contributed by atoms with Crippen LogP contribution in [0.25, 0.3) is 0 Å². The van der Waals surface area contributed by atoms with Crippen molar-refractivity contribution in [2.75, 3.05) is 32.0 Å². The molecule has 15 N–H and O–H groups in total. The van der Waals surface area contributed by atoms with E-state index in [-0.39, 0.29) is 44.1 Å². The molecule has 390 valence electrons. The van der Waals surface area contributed by atoms with Crippen LogP contribution in [-0.4, -0.2) is 126 Å². The Morgan fingerprint density at radius 2 is 1.38 bits per heavy atom. The molecular weight excluding hydrogens is 953 g/mol. The first-order valence-corrected chi connectivity index (χ1v) is 26.4. The van der Waals surface area contributed by atoms with Gasteiger partial charge in [-0.15, -0.1) is 0 Å². The van der Waals surface area contributed by atoms with Crippen molar-refractivity contribution < 1.29 is 43.1 Å². The fourth-order valence-corrected chi connectivity index (χ4v) is 11.5. The molecule has 2 aliphatic rings. The van der Waals surface area contributed by atoms with E-state index in [2.05, 4.69) is 42.2 Å². The summed E-state index contributed by atoms with van der Waals surface area (Å²) in [7, 11) is 2.69. The molecule has 1 saturated carbocycles. The van der Waals surface area contributed by atoms with Crippen LogP contribution in [-0.2, 0) is 51.2 Å². The van der Waals surface area contributed by atoms with Gasteiger partial charge in [0, 0.05) is 49.4 Å². The molecule has 0 radical (unpaired) electrons. The van der Waals surface area contributed by atoms with Crippen LogP contribution in [0.15, 0.2) is 59.6 Å². The number of hydrogen-bond donors (Lipinski definition) is 11. The molecule has 1 spiro atoms. The van der Waals surface area contributed by atoms with Crippen molar-refractivity contribution in [2.45, 2.75) is 132 Å². The largest absolute Gasteiger partial charge is 0.494 e. The molecule has 1 heterocycles. The lowest BCUT2D eigenvalue weighted by Gasteiger charge is -2.36. The summed E-state index contributed by atoms with van der Waals surface area (Å²) in [5.41, 5.74) is 23.7. The van der Waals surface area contributed by atoms with Crippen LogP contribution in [0, 0.1) is 5.92 Å². The van der Waals surface area contributed by atoms with E-state index in [0.29, 0.717) is 50.1 Å². The molecule has 21 nitrogen and oxygen atoms in total. The van der Waals surface area contributed by atoms with E-state index in [0.717, 1.165) is 24.8 Å². The van der Waals surface area contributed by atoms with E-state index in [9.17, 15) is 38.4 Å². The van der Waals surface area contributed by atoms with Crippen LogP contribution in [0.3, 0.4) is 0 Å². The Morgan fingerprint density at radius 3 is 2.01 bits per heavy atom. The SMILES string of the molecule is CCOc1ccc(C[C@H]2NC(=O)CC3(CCCCC3)SSC[C@H](C(=O)NCCNC(=O)[C@@H](N)CCCN=C(N)N)NC(=O)[C@@H](CC(N)=O)NC(=O)[C@H](C(C)C)NC(=O)[C@@H](Cc3ccccc3)NC2=O)cc1. The minimum absolute atomic E-state index is 0.000566. The molecule has 0 unspecified atom stereocenters. The van der Waals surface area contributed by atoms with Gasteiger partial charge in [0.25, 0.3) is 0 Å². The third-order valence-corrected chi connectivity index (χ3v) is 15.2. The quantitative estimate of drug-likeness (QED) is 0.0403. The summed E-state index contributed by atoms with van der Waals surface area (Å²) in [5.74, 6) is -5.52. The van der Waals surface area contributed by atoms with E-state index < -0.39 is 101 Å². The molecule has 23 heteroatoms. The number of hydrogen-bond acceptors (Lipinski definition) is 13. The number of nitrogens with zero attached hydrogens (tertiary/aromatic N) is 1. The number of aliphatic imine (C=N–C) groups is 1. The lowest BCUT2D eigenvalue weighted by Crippen LogP contribution is -2.61. The fraction of sp³-hybridized carbons (Fsp3) is 0.562. The second-order valence-corrected chi connectivity index (χ2v) is 20.9. The zero-order valence-corrected chi connectivity index (χ0v) is 42.4. The number of carbonyl (C=O) groups excluding carboxylic acids is 8. The molecule has 2 aromatic carbocycles. The Kier molecular flexibility index (Phi) is 23.7. The maximum absolute atomic E-state index is 14.5. The van der Waals surface area contributed by atoms with Gasteiger partial charge in [0.15, 0.2) is 5.96 Å². The molecule has 1 saturated heterocycles. The van der Waals surface area contributed by atoms with Gasteiger partial charge in [-0.1, -0.05) is 97.2 Å². The first-order chi connectivity index (χ1) is 33.9. The molecule has 1 aliphatic carbocycles. The minimum Gasteiger partial charge on any atom is -0.494 e. The molecule has 6 atom stereocenters. The number of benzene rings is 2. The van der Waals surface area contributed by atoms with Crippen molar-refractivity contribution >= 4 is 74.8 Å². The Hall–Kier alpha value is -6.07. The molecule has 0 bridgehead atoms.